The van der Waals surface area contributed by atoms with E-state index < -0.39 is 0 Å². The summed E-state index contributed by atoms with van der Waals surface area (Å²) in [4.78, 5) is 5.66. The number of hydrogen-bond donors (Lipinski definition) is 1. The minimum absolute atomic E-state index is 0.792. The van der Waals surface area contributed by atoms with Gasteiger partial charge < -0.3 is 5.32 Å². The van der Waals surface area contributed by atoms with Crippen molar-refractivity contribution in [2.75, 3.05) is 13.1 Å². The van der Waals surface area contributed by atoms with Crippen LogP contribution in [0, 0.1) is 12.8 Å². The van der Waals surface area contributed by atoms with Crippen molar-refractivity contribution >= 4 is 17.4 Å². The van der Waals surface area contributed by atoms with Crippen LogP contribution in [-0.4, -0.2) is 18.1 Å². The van der Waals surface area contributed by atoms with Crippen molar-refractivity contribution in [3.63, 3.8) is 0 Å². The van der Waals surface area contributed by atoms with Gasteiger partial charge in [0.1, 0.15) is 0 Å². The van der Waals surface area contributed by atoms with Crippen LogP contribution in [0.2, 0.25) is 0 Å². The zero-order chi connectivity index (χ0) is 12.8. The molecule has 0 bridgehead atoms. The molecule has 2 nitrogen and oxygen atoms in total. The van der Waals surface area contributed by atoms with Crippen molar-refractivity contribution in [1.29, 1.82) is 0 Å². The first-order valence-corrected chi connectivity index (χ1v) is 7.95. The second-order valence-corrected chi connectivity index (χ2v) is 6.38. The van der Waals surface area contributed by atoms with E-state index in [1.807, 2.05) is 6.20 Å². The summed E-state index contributed by atoms with van der Waals surface area (Å²) in [6.45, 7) is 6.34. The summed E-state index contributed by atoms with van der Waals surface area (Å²) in [5.74, 6) is 0.792. The highest BCUT2D eigenvalue weighted by atomic mass is 32.1. The zero-order valence-corrected chi connectivity index (χ0v) is 12.4. The van der Waals surface area contributed by atoms with E-state index in [0.29, 0.717) is 0 Å². The Morgan fingerprint density at radius 1 is 1.44 bits per heavy atom. The molecule has 0 saturated heterocycles. The Bertz CT molecular complexity index is 389. The molecule has 0 atom stereocenters. The lowest BCUT2D eigenvalue weighted by Gasteiger charge is -2.24. The van der Waals surface area contributed by atoms with Crippen LogP contribution < -0.4 is 5.32 Å². The predicted octanol–water partition coefficient (Wildman–Crippen LogP) is 4.02. The van der Waals surface area contributed by atoms with Gasteiger partial charge in [0.05, 0.1) is 5.01 Å². The summed E-state index contributed by atoms with van der Waals surface area (Å²) in [5, 5.41) is 4.65. The second kappa shape index (κ2) is 7.05. The van der Waals surface area contributed by atoms with Crippen molar-refractivity contribution in [2.45, 2.75) is 46.0 Å². The Hall–Kier alpha value is -0.670. The highest BCUT2D eigenvalue weighted by Crippen LogP contribution is 2.31. The van der Waals surface area contributed by atoms with Crippen LogP contribution in [0.3, 0.4) is 0 Å². The number of rotatable bonds is 5. The van der Waals surface area contributed by atoms with Crippen LogP contribution in [0.1, 0.15) is 48.9 Å². The summed E-state index contributed by atoms with van der Waals surface area (Å²) >= 11 is 1.80. The van der Waals surface area contributed by atoms with Gasteiger partial charge >= 0.3 is 0 Å². The van der Waals surface area contributed by atoms with E-state index in [1.54, 1.807) is 16.9 Å². The van der Waals surface area contributed by atoms with Gasteiger partial charge in [0.25, 0.3) is 0 Å². The van der Waals surface area contributed by atoms with Gasteiger partial charge in [-0.1, -0.05) is 31.8 Å². The number of aromatic nitrogens is 1. The van der Waals surface area contributed by atoms with Gasteiger partial charge in [0.2, 0.25) is 0 Å². The molecule has 1 saturated carbocycles. The van der Waals surface area contributed by atoms with Crippen molar-refractivity contribution in [2.24, 2.45) is 5.92 Å². The van der Waals surface area contributed by atoms with Gasteiger partial charge in [-0.2, -0.15) is 0 Å². The smallest absolute Gasteiger partial charge is 0.0900 e. The summed E-state index contributed by atoms with van der Waals surface area (Å²) in [6.07, 6.45) is 11.3. The van der Waals surface area contributed by atoms with Crippen molar-refractivity contribution in [1.82, 2.24) is 10.3 Å². The van der Waals surface area contributed by atoms with Gasteiger partial charge in [-0.05, 0) is 38.3 Å². The Labute approximate surface area is 115 Å². The number of aryl methyl sites for hydroxylation is 1. The topological polar surface area (TPSA) is 24.9 Å². The first-order valence-electron chi connectivity index (χ1n) is 7.13. The molecular formula is C15H24N2S. The fourth-order valence-corrected chi connectivity index (χ4v) is 3.45. The number of hydrogen-bond acceptors (Lipinski definition) is 3. The number of nitrogens with one attached hydrogen (secondary N) is 1. The van der Waals surface area contributed by atoms with E-state index in [9.17, 15) is 0 Å². The number of thiazole rings is 1. The minimum atomic E-state index is 0.792. The standard InChI is InChI=1S/C15H24N2S/c1-3-16-10-14(13-7-5-4-6-8-13)9-15-11-17-12(2)18-15/h9,11,13,16H,3-8,10H2,1-2H3. The van der Waals surface area contributed by atoms with Gasteiger partial charge in [0.15, 0.2) is 0 Å². The molecule has 0 amide bonds. The molecule has 0 aliphatic heterocycles. The van der Waals surface area contributed by atoms with Gasteiger partial charge in [-0.25, -0.2) is 4.98 Å². The maximum Gasteiger partial charge on any atom is 0.0900 e. The fourth-order valence-electron chi connectivity index (χ4n) is 2.68. The van der Waals surface area contributed by atoms with E-state index in [1.165, 1.54) is 37.0 Å². The third-order valence-electron chi connectivity index (χ3n) is 3.68. The van der Waals surface area contributed by atoms with Crippen LogP contribution in [-0.2, 0) is 0 Å². The maximum absolute atomic E-state index is 4.35. The molecule has 0 radical (unpaired) electrons. The maximum atomic E-state index is 4.35. The number of nitrogens with zero attached hydrogens (tertiary/aromatic N) is 1. The molecule has 3 heteroatoms. The molecule has 1 heterocycles. The molecule has 1 fully saturated rings. The summed E-state index contributed by atoms with van der Waals surface area (Å²) in [6, 6.07) is 0. The SMILES string of the molecule is CCNCC(=Cc1cnc(C)s1)C1CCCCC1. The first-order chi connectivity index (χ1) is 8.79. The minimum Gasteiger partial charge on any atom is -0.313 e. The lowest BCUT2D eigenvalue weighted by Crippen LogP contribution is -2.21. The molecular weight excluding hydrogens is 240 g/mol. The molecule has 0 spiro atoms. The summed E-state index contributed by atoms with van der Waals surface area (Å²) in [7, 11) is 0. The van der Waals surface area contributed by atoms with Gasteiger partial charge in [-0.3, -0.25) is 0 Å². The molecule has 1 aliphatic rings. The van der Waals surface area contributed by atoms with E-state index in [0.717, 1.165) is 24.0 Å². The molecule has 1 N–H and O–H groups in total. The van der Waals surface area contributed by atoms with Gasteiger partial charge in [0, 0.05) is 17.6 Å². The normalized spacial score (nSPS) is 18.2. The van der Waals surface area contributed by atoms with E-state index in [-0.39, 0.29) is 0 Å². The van der Waals surface area contributed by atoms with Crippen molar-refractivity contribution in [3.05, 3.63) is 21.7 Å². The molecule has 1 aromatic rings. The average molecular weight is 264 g/mol. The molecule has 0 unspecified atom stereocenters. The highest BCUT2D eigenvalue weighted by Gasteiger charge is 2.17. The van der Waals surface area contributed by atoms with E-state index in [4.69, 9.17) is 0 Å². The Balaban J connectivity index is 2.10. The predicted molar refractivity (Wildman–Crippen MR) is 79.9 cm³/mol. The molecule has 0 aromatic carbocycles. The second-order valence-electron chi connectivity index (χ2n) is 5.12. The Morgan fingerprint density at radius 2 is 2.22 bits per heavy atom. The monoisotopic (exact) mass is 264 g/mol. The lowest BCUT2D eigenvalue weighted by atomic mass is 9.83. The van der Waals surface area contributed by atoms with Crippen molar-refractivity contribution < 1.29 is 0 Å². The summed E-state index contributed by atoms with van der Waals surface area (Å²) < 4.78 is 0. The van der Waals surface area contributed by atoms with Crippen LogP contribution >= 0.6 is 11.3 Å². The summed E-state index contributed by atoms with van der Waals surface area (Å²) in [5.41, 5.74) is 1.58. The van der Waals surface area contributed by atoms with Crippen LogP contribution in [0.5, 0.6) is 0 Å². The molecule has 18 heavy (non-hydrogen) atoms. The lowest BCUT2D eigenvalue weighted by molar-refractivity contribution is 0.397. The van der Waals surface area contributed by atoms with Crippen LogP contribution in [0.25, 0.3) is 6.08 Å². The van der Waals surface area contributed by atoms with Crippen molar-refractivity contribution in [3.8, 4) is 0 Å². The molecule has 100 valence electrons. The Morgan fingerprint density at radius 3 is 2.83 bits per heavy atom. The number of likely N-dealkylation sites (N-methyl/N-ethyl adjacent to an activating group) is 1. The molecule has 1 aliphatic carbocycles. The van der Waals surface area contributed by atoms with Crippen LogP contribution in [0.4, 0.5) is 0 Å². The van der Waals surface area contributed by atoms with E-state index in [2.05, 4.69) is 30.2 Å². The largest absolute Gasteiger partial charge is 0.313 e. The van der Waals surface area contributed by atoms with Crippen LogP contribution in [0.15, 0.2) is 11.8 Å². The molecule has 2 rings (SSSR count). The molecule has 1 aromatic heterocycles. The quantitative estimate of drug-likeness (QED) is 0.868. The highest BCUT2D eigenvalue weighted by molar-refractivity contribution is 7.12. The fraction of sp³-hybridized carbons (Fsp3) is 0.667. The average Bonchev–Trinajstić information content (AvgIpc) is 2.81. The zero-order valence-electron chi connectivity index (χ0n) is 11.5. The first kappa shape index (κ1) is 13.8. The third kappa shape index (κ3) is 3.92. The van der Waals surface area contributed by atoms with Gasteiger partial charge in [-0.15, -0.1) is 11.3 Å². The van der Waals surface area contributed by atoms with E-state index >= 15 is 0 Å². The Kier molecular flexibility index (Phi) is 5.39. The third-order valence-corrected chi connectivity index (χ3v) is 4.54.